The first-order valence-corrected chi connectivity index (χ1v) is 6.24. The zero-order valence-corrected chi connectivity index (χ0v) is 11.8. The Kier molecular flexibility index (Phi) is 3.20. The topological polar surface area (TPSA) is 12.5 Å². The van der Waals surface area contributed by atoms with E-state index in [0.717, 1.165) is 11.1 Å². The zero-order valence-electron chi connectivity index (χ0n) is 11.8. The van der Waals surface area contributed by atoms with Gasteiger partial charge in [0.25, 0.3) is 0 Å². The lowest BCUT2D eigenvalue weighted by Crippen LogP contribution is -2.37. The van der Waals surface area contributed by atoms with Gasteiger partial charge in [-0.2, -0.15) is 0 Å². The lowest BCUT2D eigenvalue weighted by atomic mass is 10.0. The molecule has 0 fully saturated rings. The van der Waals surface area contributed by atoms with Crippen molar-refractivity contribution >= 4 is 16.5 Å². The highest BCUT2D eigenvalue weighted by atomic mass is 16.5. The van der Waals surface area contributed by atoms with E-state index in [4.69, 9.17) is 4.74 Å². The summed E-state index contributed by atoms with van der Waals surface area (Å²) >= 11 is 0. The van der Waals surface area contributed by atoms with E-state index in [1.165, 1.54) is 11.1 Å². The Labute approximate surface area is 109 Å². The normalized spacial score (nSPS) is 11.6. The molecule has 0 aromatic heterocycles. The number of fused-ring (bicyclic) bond motifs is 1. The minimum atomic E-state index is 0.118. The molecule has 0 radical (unpaired) electrons. The summed E-state index contributed by atoms with van der Waals surface area (Å²) in [5.41, 5.74) is 1.34. The summed E-state index contributed by atoms with van der Waals surface area (Å²) in [7, 11) is 3.84. The predicted molar refractivity (Wildman–Crippen MR) is 78.7 cm³/mol. The van der Waals surface area contributed by atoms with Gasteiger partial charge >= 0.3 is 0 Å². The molecule has 2 aromatic rings. The summed E-state index contributed by atoms with van der Waals surface area (Å²) in [6, 6.07) is 12.6. The van der Waals surface area contributed by atoms with Gasteiger partial charge in [0.15, 0.2) is 0 Å². The number of methoxy groups -OCH3 is 1. The van der Waals surface area contributed by atoms with Crippen molar-refractivity contribution in [1.82, 2.24) is 0 Å². The number of nitrogens with zero attached hydrogens (tertiary/aromatic N) is 1. The highest BCUT2D eigenvalue weighted by Crippen LogP contribution is 2.30. The Morgan fingerprint density at radius 1 is 1.06 bits per heavy atom. The summed E-state index contributed by atoms with van der Waals surface area (Å²) in [5, 5.41) is 2.37. The lowest BCUT2D eigenvalue weighted by Gasteiger charge is -2.34. The van der Waals surface area contributed by atoms with Crippen molar-refractivity contribution in [3.05, 3.63) is 36.4 Å². The van der Waals surface area contributed by atoms with Crippen LogP contribution in [0.3, 0.4) is 0 Å². The van der Waals surface area contributed by atoms with Crippen molar-refractivity contribution in [3.8, 4) is 5.75 Å². The Morgan fingerprint density at radius 3 is 2.39 bits per heavy atom. The number of rotatable bonds is 2. The summed E-state index contributed by atoms with van der Waals surface area (Å²) in [6.45, 7) is 6.63. The molecular weight excluding hydrogens is 222 g/mol. The maximum Gasteiger partial charge on any atom is 0.126 e. The van der Waals surface area contributed by atoms with Gasteiger partial charge in [0, 0.05) is 23.7 Å². The molecule has 96 valence electrons. The first-order chi connectivity index (χ1) is 8.43. The minimum Gasteiger partial charge on any atom is -0.496 e. The Morgan fingerprint density at radius 2 is 1.78 bits per heavy atom. The number of benzene rings is 2. The molecule has 2 heteroatoms. The second kappa shape index (κ2) is 4.52. The average Bonchev–Trinajstić information content (AvgIpc) is 2.35. The number of anilines is 1. The molecule has 0 N–H and O–H groups in total. The SMILES string of the molecule is COc1cccc2cc(N(C)C(C)(C)C)ccc12. The van der Waals surface area contributed by atoms with Gasteiger partial charge < -0.3 is 9.64 Å². The smallest absolute Gasteiger partial charge is 0.126 e. The average molecular weight is 243 g/mol. The monoisotopic (exact) mass is 243 g/mol. The molecule has 0 heterocycles. The fourth-order valence-electron chi connectivity index (χ4n) is 2.02. The van der Waals surface area contributed by atoms with Crippen LogP contribution in [0.2, 0.25) is 0 Å². The Balaban J connectivity index is 2.52. The fourth-order valence-corrected chi connectivity index (χ4v) is 2.02. The highest BCUT2D eigenvalue weighted by molar-refractivity contribution is 5.91. The quantitative estimate of drug-likeness (QED) is 0.788. The summed E-state index contributed by atoms with van der Waals surface area (Å²) < 4.78 is 5.38. The van der Waals surface area contributed by atoms with Crippen LogP contribution < -0.4 is 9.64 Å². The molecule has 0 atom stereocenters. The predicted octanol–water partition coefficient (Wildman–Crippen LogP) is 4.08. The van der Waals surface area contributed by atoms with Crippen LogP contribution in [-0.4, -0.2) is 19.7 Å². The standard InChI is InChI=1S/C16H21NO/c1-16(2,3)17(4)13-9-10-14-12(11-13)7-6-8-15(14)18-5/h6-11H,1-5H3. The van der Waals surface area contributed by atoms with Crippen LogP contribution in [0.5, 0.6) is 5.75 Å². The third-order valence-corrected chi connectivity index (χ3v) is 3.44. The summed E-state index contributed by atoms with van der Waals surface area (Å²) in [5.74, 6) is 0.928. The maximum atomic E-state index is 5.38. The van der Waals surface area contributed by atoms with Crippen molar-refractivity contribution in [1.29, 1.82) is 0 Å². The van der Waals surface area contributed by atoms with Crippen molar-refractivity contribution in [2.45, 2.75) is 26.3 Å². The molecule has 0 spiro atoms. The summed E-state index contributed by atoms with van der Waals surface area (Å²) in [6.07, 6.45) is 0. The maximum absolute atomic E-state index is 5.38. The van der Waals surface area contributed by atoms with Gasteiger partial charge in [-0.3, -0.25) is 0 Å². The second-order valence-corrected chi connectivity index (χ2v) is 5.60. The van der Waals surface area contributed by atoms with E-state index in [1.807, 2.05) is 12.1 Å². The van der Waals surface area contributed by atoms with Crippen molar-refractivity contribution in [3.63, 3.8) is 0 Å². The van der Waals surface area contributed by atoms with E-state index in [1.54, 1.807) is 7.11 Å². The van der Waals surface area contributed by atoms with Crippen LogP contribution in [0.4, 0.5) is 5.69 Å². The first kappa shape index (κ1) is 12.7. The van der Waals surface area contributed by atoms with E-state index >= 15 is 0 Å². The van der Waals surface area contributed by atoms with Crippen molar-refractivity contribution in [2.75, 3.05) is 19.1 Å². The number of ether oxygens (including phenoxy) is 1. The molecule has 0 amide bonds. The Bertz CT molecular complexity index is 555. The summed E-state index contributed by atoms with van der Waals surface area (Å²) in [4.78, 5) is 2.28. The largest absolute Gasteiger partial charge is 0.496 e. The van der Waals surface area contributed by atoms with Crippen LogP contribution in [0.25, 0.3) is 10.8 Å². The van der Waals surface area contributed by atoms with Gasteiger partial charge in [-0.05, 0) is 50.4 Å². The molecule has 0 aliphatic heterocycles. The first-order valence-electron chi connectivity index (χ1n) is 6.24. The van der Waals surface area contributed by atoms with E-state index < -0.39 is 0 Å². The Hall–Kier alpha value is -1.70. The van der Waals surface area contributed by atoms with Crippen molar-refractivity contribution < 1.29 is 4.74 Å². The van der Waals surface area contributed by atoms with E-state index in [9.17, 15) is 0 Å². The molecule has 0 unspecified atom stereocenters. The molecule has 0 aliphatic rings. The van der Waals surface area contributed by atoms with Crippen LogP contribution in [-0.2, 0) is 0 Å². The van der Waals surface area contributed by atoms with E-state index in [-0.39, 0.29) is 5.54 Å². The highest BCUT2D eigenvalue weighted by Gasteiger charge is 2.17. The van der Waals surface area contributed by atoms with Crippen molar-refractivity contribution in [2.24, 2.45) is 0 Å². The molecule has 0 aliphatic carbocycles. The third kappa shape index (κ3) is 2.28. The minimum absolute atomic E-state index is 0.118. The van der Waals surface area contributed by atoms with Gasteiger partial charge in [-0.1, -0.05) is 12.1 Å². The number of hydrogen-bond donors (Lipinski definition) is 0. The molecule has 0 saturated heterocycles. The third-order valence-electron chi connectivity index (χ3n) is 3.44. The molecule has 0 bridgehead atoms. The molecule has 0 saturated carbocycles. The van der Waals surface area contributed by atoms with Crippen LogP contribution >= 0.6 is 0 Å². The van der Waals surface area contributed by atoms with Gasteiger partial charge in [0.2, 0.25) is 0 Å². The molecule has 18 heavy (non-hydrogen) atoms. The van der Waals surface area contributed by atoms with E-state index in [0.29, 0.717) is 0 Å². The zero-order chi connectivity index (χ0) is 13.3. The van der Waals surface area contributed by atoms with E-state index in [2.05, 4.69) is 57.0 Å². The van der Waals surface area contributed by atoms with Crippen LogP contribution in [0, 0.1) is 0 Å². The molecular formula is C16H21NO. The molecule has 2 nitrogen and oxygen atoms in total. The van der Waals surface area contributed by atoms with Gasteiger partial charge in [-0.25, -0.2) is 0 Å². The number of hydrogen-bond acceptors (Lipinski definition) is 2. The van der Waals surface area contributed by atoms with Gasteiger partial charge in [0.1, 0.15) is 5.75 Å². The molecule has 2 aromatic carbocycles. The van der Waals surface area contributed by atoms with Crippen LogP contribution in [0.1, 0.15) is 20.8 Å². The lowest BCUT2D eigenvalue weighted by molar-refractivity contribution is 0.420. The van der Waals surface area contributed by atoms with Gasteiger partial charge in [0.05, 0.1) is 7.11 Å². The molecule has 2 rings (SSSR count). The fraction of sp³-hybridized carbons (Fsp3) is 0.375. The van der Waals surface area contributed by atoms with Gasteiger partial charge in [-0.15, -0.1) is 0 Å². The second-order valence-electron chi connectivity index (χ2n) is 5.60. The van der Waals surface area contributed by atoms with Crippen LogP contribution in [0.15, 0.2) is 36.4 Å².